The number of ether oxygens (including phenoxy) is 2. The lowest BCUT2D eigenvalue weighted by Crippen LogP contribution is -2.54. The first-order chi connectivity index (χ1) is 31.9. The normalized spacial score (nSPS) is 23.1. The van der Waals surface area contributed by atoms with Crippen LogP contribution in [0.25, 0.3) is 10.9 Å². The minimum Gasteiger partial charge on any atom is -0.378 e. The van der Waals surface area contributed by atoms with E-state index in [0.717, 1.165) is 75.0 Å². The molecule has 4 fully saturated rings. The van der Waals surface area contributed by atoms with E-state index in [4.69, 9.17) is 9.47 Å². The molecule has 352 valence electrons. The van der Waals surface area contributed by atoms with Crippen LogP contribution in [-0.4, -0.2) is 143 Å². The molecule has 0 spiro atoms. The fraction of sp³-hybridized carbons (Fsp3) is 0.532. The fourth-order valence-electron chi connectivity index (χ4n) is 9.85. The largest absolute Gasteiger partial charge is 0.416 e. The van der Waals surface area contributed by atoms with Gasteiger partial charge in [-0.2, -0.15) is 13.2 Å². The van der Waals surface area contributed by atoms with Crippen molar-refractivity contribution in [3.8, 4) is 0 Å². The number of rotatable bonds is 17. The van der Waals surface area contributed by atoms with Gasteiger partial charge in [0.2, 0.25) is 17.7 Å². The van der Waals surface area contributed by atoms with E-state index in [1.807, 2.05) is 12.1 Å². The van der Waals surface area contributed by atoms with Crippen LogP contribution in [-0.2, 0) is 30.0 Å². The molecule has 4 aliphatic rings. The number of alkyl halides is 3. The van der Waals surface area contributed by atoms with Gasteiger partial charge in [-0.25, -0.2) is 9.97 Å². The second-order valence-electron chi connectivity index (χ2n) is 17.6. The minimum absolute atomic E-state index is 0.0674. The second-order valence-corrected chi connectivity index (χ2v) is 17.6. The van der Waals surface area contributed by atoms with Gasteiger partial charge in [0.25, 0.3) is 5.91 Å². The summed E-state index contributed by atoms with van der Waals surface area (Å²) in [6.07, 6.45) is 7.67. The maximum Gasteiger partial charge on any atom is 0.416 e. The molecule has 16 nitrogen and oxygen atoms in total. The summed E-state index contributed by atoms with van der Waals surface area (Å²) >= 11 is 0. The summed E-state index contributed by atoms with van der Waals surface area (Å²) in [4.78, 5) is 75.4. The Morgan fingerprint density at radius 2 is 1.67 bits per heavy atom. The average Bonchev–Trinajstić information content (AvgIpc) is 3.84. The highest BCUT2D eigenvalue weighted by atomic mass is 19.4. The summed E-state index contributed by atoms with van der Waals surface area (Å²) in [6.45, 7) is 5.20. The Bertz CT molecular complexity index is 2320. The molecule has 4 amide bonds. The number of aromatic nitrogens is 4. The number of pyridine rings is 2. The van der Waals surface area contributed by atoms with Gasteiger partial charge in [0.1, 0.15) is 23.9 Å². The van der Waals surface area contributed by atoms with Gasteiger partial charge >= 0.3 is 6.18 Å². The fourth-order valence-corrected chi connectivity index (χ4v) is 9.85. The Balaban J connectivity index is 0.719. The second kappa shape index (κ2) is 21.2. The maximum absolute atomic E-state index is 13.8. The van der Waals surface area contributed by atoms with Crippen LogP contribution < -0.4 is 16.0 Å². The number of halogens is 3. The highest BCUT2D eigenvalue weighted by Crippen LogP contribution is 2.37. The van der Waals surface area contributed by atoms with Gasteiger partial charge in [-0.15, -0.1) is 0 Å². The highest BCUT2D eigenvalue weighted by molar-refractivity contribution is 5.94. The molecular weight excluding hydrogens is 858 g/mol. The molecule has 0 radical (unpaired) electrons. The molecule has 1 aliphatic carbocycles. The van der Waals surface area contributed by atoms with Gasteiger partial charge in [0.05, 0.1) is 55.5 Å². The van der Waals surface area contributed by atoms with Crippen LogP contribution in [0.2, 0.25) is 0 Å². The lowest BCUT2D eigenvalue weighted by Gasteiger charge is -2.38. The SMILES string of the molecule is CN1C(=O)C[C@H](C(=O)NCCOCCOCCN2CCC(c3ccc(C(=O)N[C@@H]4CCCC[C@@H]4N4CC[C@H](Nc5ncnc6ccc(C(F)(F)F)cc56)C4=O)nc3)CC2)[C@H]1c1cccnc1. The van der Waals surface area contributed by atoms with Gasteiger partial charge in [-0.3, -0.25) is 29.1 Å². The number of nitrogens with zero attached hydrogens (tertiary/aromatic N) is 7. The van der Waals surface area contributed by atoms with E-state index in [1.54, 1.807) is 47.6 Å². The molecule has 0 bridgehead atoms. The maximum atomic E-state index is 13.8. The van der Waals surface area contributed by atoms with E-state index in [0.29, 0.717) is 69.5 Å². The van der Waals surface area contributed by atoms with Crippen LogP contribution in [0.1, 0.15) is 90.5 Å². The minimum atomic E-state index is -4.53. The van der Waals surface area contributed by atoms with Crippen molar-refractivity contribution in [2.45, 2.75) is 87.6 Å². The number of benzene rings is 1. The third-order valence-corrected chi connectivity index (χ3v) is 13.5. The smallest absolute Gasteiger partial charge is 0.378 e. The third kappa shape index (κ3) is 11.1. The number of likely N-dealkylation sites (tertiary alicyclic amines) is 3. The first-order valence-corrected chi connectivity index (χ1v) is 22.9. The Kier molecular flexibility index (Phi) is 15.0. The van der Waals surface area contributed by atoms with Gasteiger partial charge in [0.15, 0.2) is 0 Å². The zero-order chi connectivity index (χ0) is 46.2. The van der Waals surface area contributed by atoms with Crippen LogP contribution in [0.15, 0.2) is 67.4 Å². The molecule has 66 heavy (non-hydrogen) atoms. The quantitative estimate of drug-likeness (QED) is 0.124. The van der Waals surface area contributed by atoms with Crippen molar-refractivity contribution in [1.29, 1.82) is 0 Å². The average molecular weight is 915 g/mol. The van der Waals surface area contributed by atoms with Crippen molar-refractivity contribution in [1.82, 2.24) is 45.3 Å². The van der Waals surface area contributed by atoms with Gasteiger partial charge in [-0.1, -0.05) is 25.0 Å². The standard InChI is InChI=1S/C47H57F3N10O6/c1-58-41(61)26-35(42(58)32-5-4-15-51-27-32)44(62)52-16-21-65-23-24-66-22-20-59-17-12-30(13-18-59)31-8-10-38(53-28-31)45(63)57-37-6-2-3-7-40(37)60-19-14-39(46(60)64)56-43-34-25-33(47(48,49)50)9-11-36(34)54-29-55-43/h4-5,8-11,15,25,27-30,35,37,39-40,42H,2-3,6-7,12-14,16-24,26H2,1H3,(H,52,62)(H,57,63)(H,54,55,56)/t35-,37+,39-,40-,42+/m0/s1. The van der Waals surface area contributed by atoms with Crippen molar-refractivity contribution in [2.75, 3.05) is 71.5 Å². The van der Waals surface area contributed by atoms with E-state index in [-0.39, 0.29) is 59.4 Å². The number of carbonyl (C=O) groups excluding carboxylic acids is 4. The molecule has 19 heteroatoms. The molecule has 3 aliphatic heterocycles. The number of fused-ring (bicyclic) bond motifs is 1. The molecule has 5 atom stereocenters. The van der Waals surface area contributed by atoms with Crippen molar-refractivity contribution in [3.63, 3.8) is 0 Å². The number of amides is 4. The summed E-state index contributed by atoms with van der Waals surface area (Å²) in [7, 11) is 1.72. The van der Waals surface area contributed by atoms with Crippen molar-refractivity contribution >= 4 is 40.3 Å². The molecule has 4 aromatic rings. The zero-order valence-corrected chi connectivity index (χ0v) is 37.0. The van der Waals surface area contributed by atoms with E-state index in [1.165, 1.54) is 12.4 Å². The topological polar surface area (TPSA) is 184 Å². The molecule has 1 aromatic carbocycles. The van der Waals surface area contributed by atoms with Gasteiger partial charge in [-0.05, 0) is 92.6 Å². The first-order valence-electron chi connectivity index (χ1n) is 22.9. The van der Waals surface area contributed by atoms with E-state index < -0.39 is 23.7 Å². The Morgan fingerprint density at radius 3 is 2.42 bits per heavy atom. The van der Waals surface area contributed by atoms with Crippen LogP contribution >= 0.6 is 0 Å². The molecular formula is C47H57F3N10O6. The number of nitrogens with one attached hydrogen (secondary N) is 3. The lowest BCUT2D eigenvalue weighted by molar-refractivity contribution is -0.137. The summed E-state index contributed by atoms with van der Waals surface area (Å²) in [5.41, 5.74) is 1.77. The monoisotopic (exact) mass is 914 g/mol. The van der Waals surface area contributed by atoms with E-state index in [9.17, 15) is 32.3 Å². The van der Waals surface area contributed by atoms with Crippen molar-refractivity contribution in [2.24, 2.45) is 5.92 Å². The molecule has 3 aromatic heterocycles. The van der Waals surface area contributed by atoms with Crippen LogP contribution in [0.5, 0.6) is 0 Å². The summed E-state index contributed by atoms with van der Waals surface area (Å²) in [5.74, 6) is -0.686. The van der Waals surface area contributed by atoms with Crippen LogP contribution in [0.3, 0.4) is 0 Å². The Labute approximate surface area is 381 Å². The van der Waals surface area contributed by atoms with Gasteiger partial charge < -0.3 is 40.1 Å². The van der Waals surface area contributed by atoms with E-state index in [2.05, 4.69) is 40.8 Å². The molecule has 8 rings (SSSR count). The Hall–Kier alpha value is -5.79. The highest BCUT2D eigenvalue weighted by Gasteiger charge is 2.43. The number of hydrogen-bond donors (Lipinski definition) is 3. The summed E-state index contributed by atoms with van der Waals surface area (Å²) < 4.78 is 52.0. The predicted molar refractivity (Wildman–Crippen MR) is 237 cm³/mol. The van der Waals surface area contributed by atoms with Crippen molar-refractivity contribution in [3.05, 3.63) is 89.8 Å². The van der Waals surface area contributed by atoms with E-state index >= 15 is 0 Å². The summed E-state index contributed by atoms with van der Waals surface area (Å²) in [6, 6.07) is 9.21. The molecule has 0 unspecified atom stereocenters. The number of anilines is 1. The molecule has 1 saturated carbocycles. The number of hydrogen-bond acceptors (Lipinski definition) is 12. The lowest BCUT2D eigenvalue weighted by atomic mass is 9.89. The number of piperidine rings is 1. The van der Waals surface area contributed by atoms with Gasteiger partial charge in [0, 0.05) is 63.1 Å². The number of carbonyl (C=O) groups is 4. The molecule has 3 saturated heterocycles. The van der Waals surface area contributed by atoms with Crippen LogP contribution in [0, 0.1) is 5.92 Å². The first kappa shape index (κ1) is 46.7. The molecule has 6 heterocycles. The Morgan fingerprint density at radius 1 is 0.864 bits per heavy atom. The van der Waals surface area contributed by atoms with Crippen molar-refractivity contribution < 1.29 is 41.8 Å². The third-order valence-electron chi connectivity index (χ3n) is 13.5. The molecule has 3 N–H and O–H groups in total. The zero-order valence-electron chi connectivity index (χ0n) is 37.0. The predicted octanol–water partition coefficient (Wildman–Crippen LogP) is 4.74. The van der Waals surface area contributed by atoms with Crippen LogP contribution in [0.4, 0.5) is 19.0 Å². The summed E-state index contributed by atoms with van der Waals surface area (Å²) in [5, 5.41) is 9.35.